The molecule has 1 heterocycles. The lowest BCUT2D eigenvalue weighted by Crippen LogP contribution is -2.33. The second-order valence-corrected chi connectivity index (χ2v) is 8.17. The molecular formula is C18H22N4O3S. The summed E-state index contributed by atoms with van der Waals surface area (Å²) in [6.45, 7) is 1.70. The summed E-state index contributed by atoms with van der Waals surface area (Å²) in [5.41, 5.74) is 0.910. The molecule has 3 rings (SSSR count). The smallest absolute Gasteiger partial charge is 0.251 e. The number of nitrogens with zero attached hydrogens (tertiary/aromatic N) is 2. The van der Waals surface area contributed by atoms with Crippen molar-refractivity contribution in [2.75, 3.05) is 0 Å². The standard InChI is InChI=1S/C18H22N4O3S/c1-13(17-9-10-19-12-20-17)22-26(24,25)16-8-4-5-14(11-16)18(23)21-15-6-2-3-7-15/h4-5,8-13,15,22H,2-3,6-7H2,1H3,(H,21,23)/t13-/m0/s1. The highest BCUT2D eigenvalue weighted by atomic mass is 32.2. The number of nitrogens with one attached hydrogen (secondary N) is 2. The van der Waals surface area contributed by atoms with Gasteiger partial charge in [-0.25, -0.2) is 23.1 Å². The van der Waals surface area contributed by atoms with Gasteiger partial charge in [-0.1, -0.05) is 18.9 Å². The molecule has 0 saturated heterocycles. The fraction of sp³-hybridized carbons (Fsp3) is 0.389. The molecule has 7 nitrogen and oxygen atoms in total. The third-order valence-electron chi connectivity index (χ3n) is 4.48. The Balaban J connectivity index is 1.74. The van der Waals surface area contributed by atoms with E-state index < -0.39 is 16.1 Å². The normalized spacial score (nSPS) is 16.3. The molecular weight excluding hydrogens is 352 g/mol. The molecule has 138 valence electrons. The van der Waals surface area contributed by atoms with Gasteiger partial charge < -0.3 is 5.32 Å². The first kappa shape index (κ1) is 18.5. The molecule has 26 heavy (non-hydrogen) atoms. The Morgan fingerprint density at radius 1 is 1.23 bits per heavy atom. The molecule has 0 radical (unpaired) electrons. The molecule has 1 amide bonds. The SMILES string of the molecule is C[C@H](NS(=O)(=O)c1cccc(C(=O)NC2CCCC2)c1)c1ccncn1. The average molecular weight is 374 g/mol. The summed E-state index contributed by atoms with van der Waals surface area (Å²) >= 11 is 0. The van der Waals surface area contributed by atoms with Gasteiger partial charge in [-0.05, 0) is 44.0 Å². The van der Waals surface area contributed by atoms with E-state index in [9.17, 15) is 13.2 Å². The predicted molar refractivity (Wildman–Crippen MR) is 96.9 cm³/mol. The predicted octanol–water partition coefficient (Wildman–Crippen LogP) is 2.19. The zero-order chi connectivity index (χ0) is 18.6. The number of aromatic nitrogens is 2. The Morgan fingerprint density at radius 3 is 2.69 bits per heavy atom. The first-order valence-corrected chi connectivity index (χ1v) is 10.1. The molecule has 0 aliphatic heterocycles. The number of carbonyl (C=O) groups is 1. The van der Waals surface area contributed by atoms with Gasteiger partial charge in [-0.15, -0.1) is 0 Å². The molecule has 0 spiro atoms. The summed E-state index contributed by atoms with van der Waals surface area (Å²) in [7, 11) is -3.78. The van der Waals surface area contributed by atoms with Gasteiger partial charge in [0.15, 0.2) is 0 Å². The van der Waals surface area contributed by atoms with E-state index in [-0.39, 0.29) is 16.8 Å². The van der Waals surface area contributed by atoms with E-state index >= 15 is 0 Å². The highest BCUT2D eigenvalue weighted by Gasteiger charge is 2.22. The van der Waals surface area contributed by atoms with Crippen molar-refractivity contribution in [3.63, 3.8) is 0 Å². The van der Waals surface area contributed by atoms with Gasteiger partial charge >= 0.3 is 0 Å². The summed E-state index contributed by atoms with van der Waals surface area (Å²) in [5.74, 6) is -0.238. The van der Waals surface area contributed by atoms with E-state index in [1.54, 1.807) is 31.3 Å². The summed E-state index contributed by atoms with van der Waals surface area (Å²) < 4.78 is 27.9. The van der Waals surface area contributed by atoms with Gasteiger partial charge in [0.2, 0.25) is 10.0 Å². The van der Waals surface area contributed by atoms with Crippen molar-refractivity contribution in [2.45, 2.75) is 49.6 Å². The minimum absolute atomic E-state index is 0.0532. The molecule has 0 unspecified atom stereocenters. The van der Waals surface area contributed by atoms with E-state index in [1.165, 1.54) is 18.5 Å². The monoisotopic (exact) mass is 374 g/mol. The van der Waals surface area contributed by atoms with Crippen LogP contribution in [0.15, 0.2) is 47.8 Å². The second-order valence-electron chi connectivity index (χ2n) is 6.46. The molecule has 2 N–H and O–H groups in total. The number of hydrogen-bond donors (Lipinski definition) is 2. The number of benzene rings is 1. The zero-order valence-electron chi connectivity index (χ0n) is 14.6. The molecule has 1 saturated carbocycles. The Labute approximate surface area is 153 Å². The van der Waals surface area contributed by atoms with E-state index in [0.717, 1.165) is 25.7 Å². The van der Waals surface area contributed by atoms with Crippen LogP contribution in [0.3, 0.4) is 0 Å². The second kappa shape index (κ2) is 7.92. The van der Waals surface area contributed by atoms with Crippen LogP contribution >= 0.6 is 0 Å². The van der Waals surface area contributed by atoms with Crippen LogP contribution in [0, 0.1) is 0 Å². The summed E-state index contributed by atoms with van der Waals surface area (Å²) in [4.78, 5) is 20.3. The van der Waals surface area contributed by atoms with Gasteiger partial charge in [0.25, 0.3) is 5.91 Å². The average Bonchev–Trinajstić information content (AvgIpc) is 3.15. The minimum atomic E-state index is -3.78. The Hall–Kier alpha value is -2.32. The van der Waals surface area contributed by atoms with Crippen LogP contribution in [-0.2, 0) is 10.0 Å². The Morgan fingerprint density at radius 2 is 2.00 bits per heavy atom. The minimum Gasteiger partial charge on any atom is -0.349 e. The lowest BCUT2D eigenvalue weighted by Gasteiger charge is -2.15. The number of amides is 1. The number of hydrogen-bond acceptors (Lipinski definition) is 5. The molecule has 1 atom stereocenters. The van der Waals surface area contributed by atoms with E-state index in [4.69, 9.17) is 0 Å². The van der Waals surface area contributed by atoms with Crippen LogP contribution in [0.4, 0.5) is 0 Å². The van der Waals surface area contributed by atoms with Crippen molar-refractivity contribution < 1.29 is 13.2 Å². The van der Waals surface area contributed by atoms with E-state index in [1.807, 2.05) is 0 Å². The highest BCUT2D eigenvalue weighted by molar-refractivity contribution is 7.89. The molecule has 0 bridgehead atoms. The maximum Gasteiger partial charge on any atom is 0.251 e. The van der Waals surface area contributed by atoms with Crippen LogP contribution in [0.1, 0.15) is 54.7 Å². The number of sulfonamides is 1. The summed E-state index contributed by atoms with van der Waals surface area (Å²) in [6.07, 6.45) is 7.10. The van der Waals surface area contributed by atoms with Crippen LogP contribution in [0.2, 0.25) is 0 Å². The molecule has 1 fully saturated rings. The van der Waals surface area contributed by atoms with E-state index in [2.05, 4.69) is 20.0 Å². The van der Waals surface area contributed by atoms with Crippen molar-refractivity contribution >= 4 is 15.9 Å². The van der Waals surface area contributed by atoms with E-state index in [0.29, 0.717) is 11.3 Å². The molecule has 1 aromatic carbocycles. The van der Waals surface area contributed by atoms with Gasteiger partial charge in [0.05, 0.1) is 16.6 Å². The first-order valence-electron chi connectivity index (χ1n) is 8.65. The first-order chi connectivity index (χ1) is 12.5. The van der Waals surface area contributed by atoms with Gasteiger partial charge in [-0.2, -0.15) is 0 Å². The van der Waals surface area contributed by atoms with Crippen LogP contribution < -0.4 is 10.0 Å². The largest absolute Gasteiger partial charge is 0.349 e. The number of rotatable bonds is 6. The van der Waals surface area contributed by atoms with Crippen LogP contribution in [0.5, 0.6) is 0 Å². The summed E-state index contributed by atoms with van der Waals surface area (Å²) in [6, 6.07) is 7.39. The fourth-order valence-corrected chi connectivity index (χ4v) is 4.32. The number of carbonyl (C=O) groups excluding carboxylic acids is 1. The maximum atomic E-state index is 12.6. The van der Waals surface area contributed by atoms with Crippen molar-refractivity contribution in [1.29, 1.82) is 0 Å². The zero-order valence-corrected chi connectivity index (χ0v) is 15.4. The quantitative estimate of drug-likeness (QED) is 0.807. The van der Waals surface area contributed by atoms with Crippen molar-refractivity contribution in [3.8, 4) is 0 Å². The highest BCUT2D eigenvalue weighted by Crippen LogP contribution is 2.19. The third kappa shape index (κ3) is 4.44. The van der Waals surface area contributed by atoms with Crippen LogP contribution in [0.25, 0.3) is 0 Å². The Kier molecular flexibility index (Phi) is 5.63. The van der Waals surface area contributed by atoms with Crippen molar-refractivity contribution in [3.05, 3.63) is 54.1 Å². The lowest BCUT2D eigenvalue weighted by molar-refractivity contribution is 0.0937. The van der Waals surface area contributed by atoms with Crippen molar-refractivity contribution in [2.24, 2.45) is 0 Å². The van der Waals surface area contributed by atoms with Gasteiger partial charge in [0, 0.05) is 17.8 Å². The summed E-state index contributed by atoms with van der Waals surface area (Å²) in [5, 5.41) is 2.97. The molecule has 1 aromatic heterocycles. The van der Waals surface area contributed by atoms with Gasteiger partial charge in [-0.3, -0.25) is 4.79 Å². The van der Waals surface area contributed by atoms with Gasteiger partial charge in [0.1, 0.15) is 6.33 Å². The third-order valence-corrected chi connectivity index (χ3v) is 6.02. The van der Waals surface area contributed by atoms with Crippen molar-refractivity contribution in [1.82, 2.24) is 20.0 Å². The fourth-order valence-electron chi connectivity index (χ4n) is 3.06. The maximum absolute atomic E-state index is 12.6. The molecule has 1 aliphatic rings. The molecule has 2 aromatic rings. The molecule has 1 aliphatic carbocycles. The lowest BCUT2D eigenvalue weighted by atomic mass is 10.2. The topological polar surface area (TPSA) is 101 Å². The van der Waals surface area contributed by atoms with Crippen LogP contribution in [-0.4, -0.2) is 30.3 Å². The Bertz CT molecular complexity index is 865. The molecule has 8 heteroatoms.